The van der Waals surface area contributed by atoms with Crippen molar-refractivity contribution in [2.24, 2.45) is 0 Å². The number of benzene rings is 1. The van der Waals surface area contributed by atoms with Gasteiger partial charge in [-0.3, -0.25) is 19.5 Å². The molecule has 0 saturated heterocycles. The van der Waals surface area contributed by atoms with Crippen LogP contribution >= 0.6 is 15.9 Å². The number of carbonyl (C=O) groups excluding carboxylic acids is 2. The van der Waals surface area contributed by atoms with E-state index in [-0.39, 0.29) is 18.7 Å². The average molecular weight is 385 g/mol. The van der Waals surface area contributed by atoms with E-state index in [1.165, 1.54) is 11.1 Å². The Kier molecular flexibility index (Phi) is 4.22. The number of hydrogen-bond acceptors (Lipinski definition) is 4. The van der Waals surface area contributed by atoms with Crippen LogP contribution in [0.5, 0.6) is 0 Å². The fraction of sp³-hybridized carbons (Fsp3) is 0.167. The van der Waals surface area contributed by atoms with Gasteiger partial charge in [0.2, 0.25) is 0 Å². The van der Waals surface area contributed by atoms with Gasteiger partial charge in [0.1, 0.15) is 0 Å². The maximum Gasteiger partial charge on any atom is 0.265 e. The number of halogens is 1. The lowest BCUT2D eigenvalue weighted by molar-refractivity contribution is -0.135. The lowest BCUT2D eigenvalue weighted by Crippen LogP contribution is -2.42. The van der Waals surface area contributed by atoms with E-state index in [2.05, 4.69) is 26.8 Å². The molecule has 5 nitrogen and oxygen atoms in total. The molecule has 0 spiro atoms. The Balaban J connectivity index is 2.03. The second-order valence-electron chi connectivity index (χ2n) is 5.46. The fourth-order valence-corrected chi connectivity index (χ4v) is 3.17. The molecule has 0 bridgehead atoms. The number of nitrogens with zero attached hydrogens (tertiary/aromatic N) is 2. The Labute approximate surface area is 147 Å². The van der Waals surface area contributed by atoms with Crippen molar-refractivity contribution in [2.75, 3.05) is 11.4 Å². The molecule has 1 atom stereocenters. The number of aromatic nitrogens is 1. The molecule has 3 rings (SSSR count). The summed E-state index contributed by atoms with van der Waals surface area (Å²) in [5.41, 5.74) is -0.717. The van der Waals surface area contributed by atoms with Crippen LogP contribution in [-0.4, -0.2) is 28.3 Å². The van der Waals surface area contributed by atoms with Gasteiger partial charge < -0.3 is 5.11 Å². The molecule has 1 aromatic heterocycles. The third-order valence-corrected chi connectivity index (χ3v) is 4.44. The second-order valence-corrected chi connectivity index (χ2v) is 6.37. The van der Waals surface area contributed by atoms with Gasteiger partial charge in [-0.05, 0) is 30.3 Å². The highest BCUT2D eigenvalue weighted by Crippen LogP contribution is 2.43. The summed E-state index contributed by atoms with van der Waals surface area (Å²) in [5.74, 6) is 1.45. The predicted molar refractivity (Wildman–Crippen MR) is 92.4 cm³/mol. The fourth-order valence-electron chi connectivity index (χ4n) is 2.80. The van der Waals surface area contributed by atoms with Gasteiger partial charge in [-0.15, -0.1) is 6.42 Å². The number of ketones is 1. The van der Waals surface area contributed by atoms with Crippen LogP contribution in [0.25, 0.3) is 0 Å². The van der Waals surface area contributed by atoms with Crippen molar-refractivity contribution in [1.29, 1.82) is 0 Å². The minimum absolute atomic E-state index is 0.0247. The summed E-state index contributed by atoms with van der Waals surface area (Å²) in [5, 5.41) is 11.0. The van der Waals surface area contributed by atoms with Gasteiger partial charge in [0.05, 0.1) is 18.7 Å². The Morgan fingerprint density at radius 1 is 1.42 bits per heavy atom. The number of carbonyl (C=O) groups is 2. The first kappa shape index (κ1) is 16.4. The Bertz CT molecular complexity index is 860. The number of rotatable bonds is 4. The minimum atomic E-state index is -1.94. The molecule has 1 aromatic carbocycles. The molecule has 120 valence electrons. The molecular formula is C18H13BrN2O3. The van der Waals surface area contributed by atoms with E-state index >= 15 is 0 Å². The number of terminal acetylenes is 1. The molecule has 1 aliphatic heterocycles. The highest BCUT2D eigenvalue weighted by molar-refractivity contribution is 9.10. The molecule has 1 aliphatic rings. The summed E-state index contributed by atoms with van der Waals surface area (Å²) in [7, 11) is 0. The zero-order valence-electron chi connectivity index (χ0n) is 12.6. The van der Waals surface area contributed by atoms with E-state index in [0.29, 0.717) is 21.3 Å². The highest BCUT2D eigenvalue weighted by Gasteiger charge is 2.50. The molecule has 6 heteroatoms. The van der Waals surface area contributed by atoms with Crippen molar-refractivity contribution in [3.05, 3.63) is 58.3 Å². The largest absolute Gasteiger partial charge is 0.375 e. The number of aliphatic hydroxyl groups is 1. The lowest BCUT2D eigenvalue weighted by atomic mass is 9.88. The van der Waals surface area contributed by atoms with Crippen LogP contribution in [0.3, 0.4) is 0 Å². The first-order valence-electron chi connectivity index (χ1n) is 7.18. The van der Waals surface area contributed by atoms with Crippen LogP contribution in [0, 0.1) is 12.3 Å². The normalized spacial score (nSPS) is 19.0. The van der Waals surface area contributed by atoms with Crippen molar-refractivity contribution in [1.82, 2.24) is 4.98 Å². The van der Waals surface area contributed by atoms with Crippen LogP contribution in [-0.2, 0) is 10.4 Å². The molecular weight excluding hydrogens is 372 g/mol. The van der Waals surface area contributed by atoms with Crippen molar-refractivity contribution in [3.8, 4) is 12.3 Å². The third kappa shape index (κ3) is 2.62. The van der Waals surface area contributed by atoms with Crippen molar-refractivity contribution >= 4 is 33.3 Å². The maximum absolute atomic E-state index is 12.7. The monoisotopic (exact) mass is 384 g/mol. The third-order valence-electron chi connectivity index (χ3n) is 3.94. The molecule has 0 fully saturated rings. The van der Waals surface area contributed by atoms with E-state index in [1.807, 2.05) is 0 Å². The van der Waals surface area contributed by atoms with Crippen molar-refractivity contribution in [2.45, 2.75) is 12.0 Å². The van der Waals surface area contributed by atoms with E-state index in [1.54, 1.807) is 36.5 Å². The molecule has 1 N–H and O–H groups in total. The van der Waals surface area contributed by atoms with Gasteiger partial charge in [0.25, 0.3) is 5.91 Å². The number of anilines is 1. The van der Waals surface area contributed by atoms with Gasteiger partial charge in [-0.25, -0.2) is 0 Å². The van der Waals surface area contributed by atoms with Crippen molar-refractivity contribution < 1.29 is 14.7 Å². The van der Waals surface area contributed by atoms with E-state index in [4.69, 9.17) is 6.42 Å². The zero-order chi connectivity index (χ0) is 17.3. The van der Waals surface area contributed by atoms with Gasteiger partial charge in [-0.1, -0.05) is 21.9 Å². The maximum atomic E-state index is 12.7. The number of hydrogen-bond donors (Lipinski definition) is 1. The SMILES string of the molecule is C#CCN1C(=O)[C@](O)(CC(=O)c2cccnc2)c2cc(Br)ccc21. The topological polar surface area (TPSA) is 70.5 Å². The Morgan fingerprint density at radius 2 is 2.21 bits per heavy atom. The summed E-state index contributed by atoms with van der Waals surface area (Å²) in [6, 6.07) is 8.31. The summed E-state index contributed by atoms with van der Waals surface area (Å²) in [6.07, 6.45) is 7.91. The first-order chi connectivity index (χ1) is 11.5. The average Bonchev–Trinajstić information content (AvgIpc) is 2.78. The Morgan fingerprint density at radius 3 is 2.88 bits per heavy atom. The summed E-state index contributed by atoms with van der Waals surface area (Å²) < 4.78 is 0.698. The standard InChI is InChI=1S/C18H13BrN2O3/c1-2-8-21-15-6-5-13(19)9-14(15)18(24,17(21)23)10-16(22)12-4-3-7-20-11-12/h1,3-7,9,11,24H,8,10H2/t18-/m0/s1. The molecule has 2 heterocycles. The number of Topliss-reactive ketones (excluding diaryl/α,β-unsaturated/α-hetero) is 1. The molecule has 0 saturated carbocycles. The molecule has 1 amide bonds. The number of fused-ring (bicyclic) bond motifs is 1. The van der Waals surface area contributed by atoms with Gasteiger partial charge in [0.15, 0.2) is 11.4 Å². The van der Waals surface area contributed by atoms with Gasteiger partial charge >= 0.3 is 0 Å². The summed E-state index contributed by atoms with van der Waals surface area (Å²) in [4.78, 5) is 30.4. The first-order valence-corrected chi connectivity index (χ1v) is 7.98. The molecule has 0 unspecified atom stereocenters. The van der Waals surface area contributed by atoms with Crippen LogP contribution in [0.4, 0.5) is 5.69 Å². The molecule has 2 aromatic rings. The Hall–Kier alpha value is -2.49. The van der Waals surface area contributed by atoms with Crippen LogP contribution in [0.15, 0.2) is 47.2 Å². The molecule has 24 heavy (non-hydrogen) atoms. The van der Waals surface area contributed by atoms with E-state index in [9.17, 15) is 14.7 Å². The molecule has 0 radical (unpaired) electrons. The zero-order valence-corrected chi connectivity index (χ0v) is 14.2. The van der Waals surface area contributed by atoms with Crippen LogP contribution in [0.2, 0.25) is 0 Å². The quantitative estimate of drug-likeness (QED) is 0.648. The van der Waals surface area contributed by atoms with Gasteiger partial charge in [-0.2, -0.15) is 0 Å². The number of amides is 1. The lowest BCUT2D eigenvalue weighted by Gasteiger charge is -2.21. The minimum Gasteiger partial charge on any atom is -0.375 e. The van der Waals surface area contributed by atoms with Crippen LogP contribution < -0.4 is 4.90 Å². The van der Waals surface area contributed by atoms with Crippen molar-refractivity contribution in [3.63, 3.8) is 0 Å². The molecule has 0 aliphatic carbocycles. The number of pyridine rings is 1. The summed E-state index contributed by atoms with van der Waals surface area (Å²) >= 11 is 3.33. The van der Waals surface area contributed by atoms with Gasteiger partial charge in [0, 0.05) is 28.0 Å². The predicted octanol–water partition coefficient (Wildman–Crippen LogP) is 2.28. The highest BCUT2D eigenvalue weighted by atomic mass is 79.9. The summed E-state index contributed by atoms with van der Waals surface area (Å²) in [6.45, 7) is 0.0247. The van der Waals surface area contributed by atoms with E-state index in [0.717, 1.165) is 0 Å². The second kappa shape index (κ2) is 6.19. The smallest absolute Gasteiger partial charge is 0.265 e. The van der Waals surface area contributed by atoms with Crippen LogP contribution in [0.1, 0.15) is 22.3 Å². The van der Waals surface area contributed by atoms with E-state index < -0.39 is 11.5 Å².